The van der Waals surface area contributed by atoms with Crippen molar-refractivity contribution < 1.29 is 17.4 Å². The molecule has 4 bridgehead atoms. The summed E-state index contributed by atoms with van der Waals surface area (Å²) in [6.45, 7) is 0. The van der Waals surface area contributed by atoms with Gasteiger partial charge in [0, 0.05) is 12.7 Å². The van der Waals surface area contributed by atoms with Crippen molar-refractivity contribution >= 4 is 21.9 Å². The molecule has 4 saturated carbocycles. The third-order valence-electron chi connectivity index (χ3n) is 6.09. The summed E-state index contributed by atoms with van der Waals surface area (Å²) < 4.78 is 29.7. The largest absolute Gasteiger partial charge is 0.382 e. The summed E-state index contributed by atoms with van der Waals surface area (Å²) >= 11 is 0. The van der Waals surface area contributed by atoms with Gasteiger partial charge < -0.3 is 9.50 Å². The number of rotatable bonds is 5. The molecule has 1 aromatic carbocycles. The minimum Gasteiger partial charge on any atom is -0.371 e. The molecule has 25 heavy (non-hydrogen) atoms. The molecule has 1 amide bonds. The van der Waals surface area contributed by atoms with Gasteiger partial charge in [-0.05, 0) is 80.5 Å². The Bertz CT molecular complexity index is 737. The molecule has 4 fully saturated rings. The molecule has 0 radical (unpaired) electrons. The van der Waals surface area contributed by atoms with E-state index >= 15 is 0 Å². The molecule has 0 atom stereocenters. The Hall–Kier alpha value is -1.60. The van der Waals surface area contributed by atoms with E-state index in [1.165, 1.54) is 26.3 Å². The Morgan fingerprint density at radius 3 is 2.04 bits per heavy atom. The molecule has 0 heterocycles. The molecule has 0 aliphatic heterocycles. The molecule has 6 nitrogen and oxygen atoms in total. The van der Waals surface area contributed by atoms with Crippen molar-refractivity contribution in [1.82, 2.24) is 4.72 Å². The predicted molar refractivity (Wildman–Crippen MR) is 94.3 cm³/mol. The van der Waals surface area contributed by atoms with Crippen LogP contribution in [0, 0.1) is 23.2 Å². The van der Waals surface area contributed by atoms with Gasteiger partial charge in [-0.15, -0.1) is 0 Å². The normalized spacial score (nSPS) is 33.2. The molecule has 0 saturated heterocycles. The topological polar surface area (TPSA) is 84.5 Å². The molecule has 0 unspecified atom stereocenters. The standard InChI is InChI=1S/C18H24N2O4S/c1-19-25(22,23)24-16-4-2-15(3-5-16)20-17(21)18-9-12-6-13(10-18)8-14(7-12)11-18/h2-5,12-14,19H,6-11H2,1H3,(H,20,21). The minimum atomic E-state index is -3.78. The zero-order valence-corrected chi connectivity index (χ0v) is 15.1. The van der Waals surface area contributed by atoms with Gasteiger partial charge in [-0.25, -0.2) is 0 Å². The Morgan fingerprint density at radius 2 is 1.56 bits per heavy atom. The maximum absolute atomic E-state index is 13.0. The Kier molecular flexibility index (Phi) is 4.03. The van der Waals surface area contributed by atoms with Crippen molar-refractivity contribution in [2.75, 3.05) is 12.4 Å². The maximum atomic E-state index is 13.0. The van der Waals surface area contributed by atoms with Gasteiger partial charge in [0.05, 0.1) is 5.41 Å². The second-order valence-corrected chi connectivity index (χ2v) is 9.40. The van der Waals surface area contributed by atoms with Crippen LogP contribution in [0.2, 0.25) is 0 Å². The Labute approximate surface area is 148 Å². The van der Waals surface area contributed by atoms with Gasteiger partial charge in [0.1, 0.15) is 5.75 Å². The molecule has 2 N–H and O–H groups in total. The number of anilines is 1. The lowest BCUT2D eigenvalue weighted by Crippen LogP contribution is -2.51. The SMILES string of the molecule is CNS(=O)(=O)Oc1ccc(NC(=O)C23CC4CC(CC(C4)C2)C3)cc1. The molecule has 0 spiro atoms. The first kappa shape index (κ1) is 16.8. The van der Waals surface area contributed by atoms with Gasteiger partial charge in [0.15, 0.2) is 0 Å². The molecule has 4 aliphatic rings. The summed E-state index contributed by atoms with van der Waals surface area (Å²) in [5.74, 6) is 2.50. The van der Waals surface area contributed by atoms with Gasteiger partial charge in [-0.2, -0.15) is 13.1 Å². The molecule has 0 aromatic heterocycles. The van der Waals surface area contributed by atoms with E-state index in [9.17, 15) is 13.2 Å². The lowest BCUT2D eigenvalue weighted by Gasteiger charge is -2.55. The van der Waals surface area contributed by atoms with Crippen molar-refractivity contribution in [2.24, 2.45) is 23.2 Å². The van der Waals surface area contributed by atoms with Crippen molar-refractivity contribution in [3.8, 4) is 5.75 Å². The van der Waals surface area contributed by atoms with Crippen LogP contribution in [0.1, 0.15) is 38.5 Å². The lowest BCUT2D eigenvalue weighted by atomic mass is 9.49. The average molecular weight is 364 g/mol. The quantitative estimate of drug-likeness (QED) is 0.841. The number of nitrogens with one attached hydrogen (secondary N) is 2. The van der Waals surface area contributed by atoms with E-state index in [1.807, 2.05) is 0 Å². The number of amides is 1. The first-order valence-corrected chi connectivity index (χ1v) is 10.3. The maximum Gasteiger partial charge on any atom is 0.382 e. The van der Waals surface area contributed by atoms with E-state index in [1.54, 1.807) is 24.3 Å². The van der Waals surface area contributed by atoms with Crippen LogP contribution in [0.3, 0.4) is 0 Å². The summed E-state index contributed by atoms with van der Waals surface area (Å²) in [5.41, 5.74) is 0.481. The molecular weight excluding hydrogens is 340 g/mol. The highest BCUT2D eigenvalue weighted by molar-refractivity contribution is 7.85. The van der Waals surface area contributed by atoms with Gasteiger partial charge in [0.25, 0.3) is 0 Å². The predicted octanol–water partition coefficient (Wildman–Crippen LogP) is 2.68. The van der Waals surface area contributed by atoms with Crippen LogP contribution in [-0.2, 0) is 15.1 Å². The summed E-state index contributed by atoms with van der Waals surface area (Å²) in [6, 6.07) is 6.45. The Balaban J connectivity index is 1.45. The fourth-order valence-corrected chi connectivity index (χ4v) is 5.86. The summed E-state index contributed by atoms with van der Waals surface area (Å²) in [6.07, 6.45) is 6.97. The fraction of sp³-hybridized carbons (Fsp3) is 0.611. The van der Waals surface area contributed by atoms with Gasteiger partial charge in [-0.1, -0.05) is 0 Å². The number of benzene rings is 1. The third kappa shape index (κ3) is 3.27. The van der Waals surface area contributed by atoms with Crippen LogP contribution in [0.5, 0.6) is 5.75 Å². The van der Waals surface area contributed by atoms with Crippen LogP contribution >= 0.6 is 0 Å². The van der Waals surface area contributed by atoms with Gasteiger partial charge >= 0.3 is 10.3 Å². The molecular formula is C18H24N2O4S. The highest BCUT2D eigenvalue weighted by Crippen LogP contribution is 2.60. The molecule has 4 aliphatic carbocycles. The second kappa shape index (κ2) is 5.99. The van der Waals surface area contributed by atoms with Crippen LogP contribution in [0.25, 0.3) is 0 Å². The first-order valence-electron chi connectivity index (χ1n) is 8.92. The number of hydrogen-bond donors (Lipinski definition) is 2. The van der Waals surface area contributed by atoms with Crippen molar-refractivity contribution in [3.05, 3.63) is 24.3 Å². The van der Waals surface area contributed by atoms with E-state index in [0.717, 1.165) is 37.0 Å². The fourth-order valence-electron chi connectivity index (χ4n) is 5.41. The van der Waals surface area contributed by atoms with Crippen LogP contribution in [0.4, 0.5) is 5.69 Å². The zero-order valence-electron chi connectivity index (χ0n) is 14.3. The zero-order chi connectivity index (χ0) is 17.7. The van der Waals surface area contributed by atoms with Crippen LogP contribution < -0.4 is 14.2 Å². The molecule has 1 aromatic rings. The van der Waals surface area contributed by atoms with Crippen molar-refractivity contribution in [1.29, 1.82) is 0 Å². The minimum absolute atomic E-state index is 0.128. The molecule has 7 heteroatoms. The van der Waals surface area contributed by atoms with E-state index in [-0.39, 0.29) is 17.1 Å². The number of carbonyl (C=O) groups excluding carboxylic acids is 1. The van der Waals surface area contributed by atoms with Gasteiger partial charge in [0.2, 0.25) is 5.91 Å². The van der Waals surface area contributed by atoms with Crippen LogP contribution in [-0.4, -0.2) is 21.4 Å². The Morgan fingerprint density at radius 1 is 1.04 bits per heavy atom. The summed E-state index contributed by atoms with van der Waals surface area (Å²) in [4.78, 5) is 13.0. The van der Waals surface area contributed by atoms with E-state index in [0.29, 0.717) is 5.69 Å². The average Bonchev–Trinajstić information content (AvgIpc) is 2.55. The molecule has 5 rings (SSSR count). The van der Waals surface area contributed by atoms with Crippen molar-refractivity contribution in [2.45, 2.75) is 38.5 Å². The molecule has 136 valence electrons. The highest BCUT2D eigenvalue weighted by atomic mass is 32.2. The summed E-state index contributed by atoms with van der Waals surface area (Å²) in [7, 11) is -2.49. The van der Waals surface area contributed by atoms with E-state index in [4.69, 9.17) is 4.18 Å². The van der Waals surface area contributed by atoms with Crippen LogP contribution in [0.15, 0.2) is 24.3 Å². The van der Waals surface area contributed by atoms with Gasteiger partial charge in [-0.3, -0.25) is 4.79 Å². The highest BCUT2D eigenvalue weighted by Gasteiger charge is 2.54. The second-order valence-electron chi connectivity index (χ2n) is 7.92. The van der Waals surface area contributed by atoms with E-state index < -0.39 is 10.3 Å². The van der Waals surface area contributed by atoms with Crippen molar-refractivity contribution in [3.63, 3.8) is 0 Å². The smallest absolute Gasteiger partial charge is 0.371 e. The first-order chi connectivity index (χ1) is 11.9. The lowest BCUT2D eigenvalue weighted by molar-refractivity contribution is -0.140. The summed E-state index contributed by atoms with van der Waals surface area (Å²) in [5, 5.41) is 3.04. The number of carbonyl (C=O) groups is 1. The monoisotopic (exact) mass is 364 g/mol. The third-order valence-corrected chi connectivity index (χ3v) is 7.00. The van der Waals surface area contributed by atoms with E-state index in [2.05, 4.69) is 10.0 Å². The number of hydrogen-bond acceptors (Lipinski definition) is 4.